The number of thiazole rings is 1. The molecule has 0 radical (unpaired) electrons. The number of benzene rings is 4. The normalized spacial score (nSPS) is 17.0. The number of ether oxygens (including phenoxy) is 2. The van der Waals surface area contributed by atoms with E-state index in [2.05, 4.69) is 15.2 Å². The molecule has 242 valence electrons. The maximum Gasteiger partial charge on any atom is 0.284 e. The number of hydrogen-bond acceptors (Lipinski definition) is 8. The predicted octanol–water partition coefficient (Wildman–Crippen LogP) is 6.69. The van der Waals surface area contributed by atoms with E-state index in [1.54, 1.807) is 23.1 Å². The third-order valence-corrected chi connectivity index (χ3v) is 9.31. The number of fused-ring (bicyclic) bond motifs is 2. The van der Waals surface area contributed by atoms with Crippen LogP contribution in [0.4, 0.5) is 5.69 Å². The van der Waals surface area contributed by atoms with E-state index in [4.69, 9.17) is 9.47 Å². The van der Waals surface area contributed by atoms with Crippen LogP contribution in [0, 0.1) is 5.92 Å². The Labute approximate surface area is 278 Å². The summed E-state index contributed by atoms with van der Waals surface area (Å²) in [6, 6.07) is 30.1. The maximum atomic E-state index is 13.9. The molecule has 47 heavy (non-hydrogen) atoms. The first-order valence-corrected chi connectivity index (χ1v) is 16.5. The van der Waals surface area contributed by atoms with Crippen molar-refractivity contribution in [3.8, 4) is 17.2 Å². The van der Waals surface area contributed by atoms with Gasteiger partial charge >= 0.3 is 0 Å². The van der Waals surface area contributed by atoms with Gasteiger partial charge in [-0.15, -0.1) is 11.3 Å². The van der Waals surface area contributed by atoms with Crippen molar-refractivity contribution in [3.05, 3.63) is 113 Å². The van der Waals surface area contributed by atoms with E-state index < -0.39 is 6.04 Å². The van der Waals surface area contributed by atoms with Crippen molar-refractivity contribution in [3.63, 3.8) is 0 Å². The second kappa shape index (κ2) is 14.3. The monoisotopic (exact) mass is 650 g/mol. The second-order valence-corrected chi connectivity index (χ2v) is 13.0. The zero-order valence-corrected chi connectivity index (χ0v) is 27.4. The van der Waals surface area contributed by atoms with Crippen LogP contribution >= 0.6 is 11.3 Å². The van der Waals surface area contributed by atoms with Gasteiger partial charge in [-0.3, -0.25) is 14.5 Å². The number of aromatic nitrogens is 1. The molecule has 9 nitrogen and oxygen atoms in total. The van der Waals surface area contributed by atoms with Gasteiger partial charge in [0.25, 0.3) is 11.8 Å². The molecule has 5 aromatic rings. The Kier molecular flexibility index (Phi) is 9.81. The largest absolute Gasteiger partial charge is 0.486 e. The molecule has 0 aliphatic carbocycles. The lowest BCUT2D eigenvalue weighted by atomic mass is 9.98. The highest BCUT2D eigenvalue weighted by atomic mass is 32.1. The fourth-order valence-corrected chi connectivity index (χ4v) is 6.54. The highest BCUT2D eigenvalue weighted by Gasteiger charge is 2.34. The molecule has 1 aliphatic heterocycles. The summed E-state index contributed by atoms with van der Waals surface area (Å²) in [5.74, 6) is 1.15. The van der Waals surface area contributed by atoms with Crippen LogP contribution in [0.5, 0.6) is 17.2 Å². The Bertz CT molecular complexity index is 1810. The van der Waals surface area contributed by atoms with E-state index in [1.807, 2.05) is 99.8 Å². The molecule has 4 aromatic carbocycles. The van der Waals surface area contributed by atoms with Gasteiger partial charge in [-0.2, -0.15) is 0 Å². The topological polar surface area (TPSA) is 104 Å². The second-order valence-electron chi connectivity index (χ2n) is 12.0. The van der Waals surface area contributed by atoms with Crippen molar-refractivity contribution >= 4 is 39.1 Å². The molecule has 1 aromatic heterocycles. The van der Waals surface area contributed by atoms with Crippen LogP contribution in [0.15, 0.2) is 97.1 Å². The summed E-state index contributed by atoms with van der Waals surface area (Å²) in [6.07, 6.45) is -0.332. The minimum atomic E-state index is -0.396. The molecular formula is C37H38N4O5S. The number of carbonyl (C=O) groups excluding carboxylic acids is 2. The Balaban J connectivity index is 1.23. The zero-order valence-electron chi connectivity index (χ0n) is 26.6. The van der Waals surface area contributed by atoms with Gasteiger partial charge in [0.05, 0.1) is 34.1 Å². The molecule has 2 amide bonds. The fraction of sp³-hybridized carbons (Fsp3) is 0.270. The van der Waals surface area contributed by atoms with E-state index in [0.29, 0.717) is 41.6 Å². The van der Waals surface area contributed by atoms with Crippen LogP contribution in [-0.2, 0) is 6.54 Å². The summed E-state index contributed by atoms with van der Waals surface area (Å²) < 4.78 is 13.6. The number of nitrogens with zero attached hydrogens (tertiary/aromatic N) is 3. The van der Waals surface area contributed by atoms with Gasteiger partial charge in [-0.05, 0) is 68.1 Å². The molecule has 2 heterocycles. The lowest BCUT2D eigenvalue weighted by Gasteiger charge is -2.38. The predicted molar refractivity (Wildman–Crippen MR) is 184 cm³/mol. The molecule has 0 saturated carbocycles. The average molecular weight is 651 g/mol. The van der Waals surface area contributed by atoms with Crippen molar-refractivity contribution in [2.24, 2.45) is 5.92 Å². The number of carbonyl (C=O) groups is 2. The van der Waals surface area contributed by atoms with E-state index >= 15 is 0 Å². The minimum Gasteiger partial charge on any atom is -0.486 e. The molecule has 0 fully saturated rings. The fourth-order valence-electron chi connectivity index (χ4n) is 5.68. The Morgan fingerprint density at radius 3 is 2.51 bits per heavy atom. The van der Waals surface area contributed by atoms with E-state index in [-0.39, 0.29) is 30.4 Å². The molecule has 0 unspecified atom stereocenters. The minimum absolute atomic E-state index is 0.0850. The molecule has 2 N–H and O–H groups in total. The van der Waals surface area contributed by atoms with Gasteiger partial charge in [-0.25, -0.2) is 4.98 Å². The Morgan fingerprint density at radius 2 is 1.77 bits per heavy atom. The molecule has 10 heteroatoms. The zero-order chi connectivity index (χ0) is 32.9. The number of hydrogen-bond donors (Lipinski definition) is 2. The summed E-state index contributed by atoms with van der Waals surface area (Å²) >= 11 is 1.31. The van der Waals surface area contributed by atoms with Crippen molar-refractivity contribution in [1.29, 1.82) is 0 Å². The van der Waals surface area contributed by atoms with Crippen LogP contribution in [0.25, 0.3) is 10.2 Å². The van der Waals surface area contributed by atoms with Crippen molar-refractivity contribution < 1.29 is 24.2 Å². The highest BCUT2D eigenvalue weighted by molar-refractivity contribution is 7.20. The highest BCUT2D eigenvalue weighted by Crippen LogP contribution is 2.36. The van der Waals surface area contributed by atoms with E-state index in [0.717, 1.165) is 27.3 Å². The van der Waals surface area contributed by atoms with Crippen molar-refractivity contribution in [1.82, 2.24) is 14.8 Å². The number of para-hydroxylation sites is 3. The third-order valence-electron chi connectivity index (χ3n) is 8.27. The Hall–Kier alpha value is -4.77. The van der Waals surface area contributed by atoms with Crippen LogP contribution < -0.4 is 14.8 Å². The number of likely N-dealkylation sites (N-methyl/N-ethyl adjacent to an activating group) is 1. The van der Waals surface area contributed by atoms with E-state index in [1.165, 1.54) is 11.3 Å². The summed E-state index contributed by atoms with van der Waals surface area (Å²) in [5, 5.41) is 13.3. The van der Waals surface area contributed by atoms with Crippen LogP contribution in [-0.4, -0.2) is 70.6 Å². The quantitative estimate of drug-likeness (QED) is 0.174. The lowest BCUT2D eigenvalue weighted by Crippen LogP contribution is -2.49. The average Bonchev–Trinajstić information content (AvgIpc) is 3.52. The van der Waals surface area contributed by atoms with E-state index in [9.17, 15) is 14.7 Å². The summed E-state index contributed by atoms with van der Waals surface area (Å²) in [4.78, 5) is 35.7. The van der Waals surface area contributed by atoms with Gasteiger partial charge < -0.3 is 24.8 Å². The Morgan fingerprint density at radius 1 is 1.04 bits per heavy atom. The number of aliphatic hydroxyl groups is 1. The molecular weight excluding hydrogens is 612 g/mol. The first kappa shape index (κ1) is 32.2. The molecule has 0 saturated heterocycles. The molecule has 3 atom stereocenters. The van der Waals surface area contributed by atoms with Gasteiger partial charge in [0.2, 0.25) is 0 Å². The van der Waals surface area contributed by atoms with Crippen molar-refractivity contribution in [2.45, 2.75) is 32.5 Å². The number of nitrogens with one attached hydrogen (secondary N) is 1. The van der Waals surface area contributed by atoms with Gasteiger partial charge in [0.1, 0.15) is 17.6 Å². The molecule has 0 spiro atoms. The first-order chi connectivity index (χ1) is 22.8. The molecule has 1 aliphatic rings. The smallest absolute Gasteiger partial charge is 0.284 e. The SMILES string of the molecule is C[C@@H]1CN([C@H](C)CO)C(=O)c2cccc(NC(=O)c3nc4ccccc4s3)c2O[C@@H]1CN(C)Cc1ccc(Oc2ccccc2)cc1. The van der Waals surface area contributed by atoms with Crippen LogP contribution in [0.3, 0.4) is 0 Å². The lowest BCUT2D eigenvalue weighted by molar-refractivity contribution is 0.0343. The first-order valence-electron chi connectivity index (χ1n) is 15.7. The number of rotatable bonds is 10. The molecule has 0 bridgehead atoms. The summed E-state index contributed by atoms with van der Waals surface area (Å²) in [7, 11) is 2.03. The van der Waals surface area contributed by atoms with Gasteiger partial charge in [0.15, 0.2) is 10.8 Å². The third kappa shape index (κ3) is 7.46. The maximum absolute atomic E-state index is 13.9. The molecule has 6 rings (SSSR count). The van der Waals surface area contributed by atoms with Gasteiger partial charge in [-0.1, -0.05) is 55.5 Å². The van der Waals surface area contributed by atoms with Crippen LogP contribution in [0.1, 0.15) is 39.6 Å². The van der Waals surface area contributed by atoms with Crippen LogP contribution in [0.2, 0.25) is 0 Å². The summed E-state index contributed by atoms with van der Waals surface area (Å²) in [5.41, 5.74) is 2.59. The van der Waals surface area contributed by atoms with Crippen molar-refractivity contribution in [2.75, 3.05) is 32.1 Å². The number of aliphatic hydroxyl groups excluding tert-OH is 1. The number of amides is 2. The number of anilines is 1. The standard InChI is InChI=1S/C37H38N4O5S/c1-24-20-41(25(2)23-42)37(44)29-12-9-14-31(38-35(43)36-39-30-13-7-8-15-33(30)47-36)34(29)46-32(24)22-40(3)21-26-16-18-28(19-17-26)45-27-10-5-4-6-11-27/h4-19,24-25,32,42H,20-23H2,1-3H3,(H,38,43)/t24-,25-,32-/m1/s1. The summed E-state index contributed by atoms with van der Waals surface area (Å²) in [6.45, 7) is 5.34. The van der Waals surface area contributed by atoms with Gasteiger partial charge in [0, 0.05) is 25.6 Å².